The Bertz CT molecular complexity index is 511. The van der Waals surface area contributed by atoms with Crippen LogP contribution in [0.3, 0.4) is 0 Å². The van der Waals surface area contributed by atoms with Gasteiger partial charge in [-0.25, -0.2) is 0 Å². The molecular formula is C13H16N2O3. The van der Waals surface area contributed by atoms with E-state index >= 15 is 0 Å². The number of methoxy groups -OCH3 is 1. The minimum absolute atomic E-state index is 0.0496. The lowest BCUT2D eigenvalue weighted by molar-refractivity contribution is -0.119. The summed E-state index contributed by atoms with van der Waals surface area (Å²) in [6, 6.07) is 3.24. The van der Waals surface area contributed by atoms with Crippen LogP contribution in [0.5, 0.6) is 5.75 Å². The monoisotopic (exact) mass is 248 g/mol. The molecule has 2 rings (SSSR count). The van der Waals surface area contributed by atoms with Gasteiger partial charge in [-0.1, -0.05) is 0 Å². The number of rotatable bonds is 2. The van der Waals surface area contributed by atoms with Crippen LogP contribution >= 0.6 is 0 Å². The van der Waals surface area contributed by atoms with Crippen LogP contribution in [0.15, 0.2) is 12.1 Å². The third-order valence-electron chi connectivity index (χ3n) is 3.09. The average Bonchev–Trinajstić information content (AvgIpc) is 2.28. The Labute approximate surface area is 105 Å². The molecule has 0 fully saturated rings. The third-order valence-corrected chi connectivity index (χ3v) is 3.09. The van der Waals surface area contributed by atoms with Crippen molar-refractivity contribution in [2.75, 3.05) is 12.8 Å². The van der Waals surface area contributed by atoms with Crippen LogP contribution in [0.1, 0.15) is 29.3 Å². The zero-order valence-electron chi connectivity index (χ0n) is 10.4. The SMILES string of the molecule is COc1ccc(N)c2c1CC(NC(C)=O)CC2=O. The van der Waals surface area contributed by atoms with E-state index in [-0.39, 0.29) is 24.2 Å². The van der Waals surface area contributed by atoms with Gasteiger partial charge in [0.2, 0.25) is 5.91 Å². The van der Waals surface area contributed by atoms with Crippen LogP contribution in [0.2, 0.25) is 0 Å². The third kappa shape index (κ3) is 2.16. The second-order valence-corrected chi connectivity index (χ2v) is 4.44. The van der Waals surface area contributed by atoms with Gasteiger partial charge in [0.25, 0.3) is 0 Å². The van der Waals surface area contributed by atoms with E-state index in [1.54, 1.807) is 19.2 Å². The molecule has 0 spiro atoms. The summed E-state index contributed by atoms with van der Waals surface area (Å²) in [5.41, 5.74) is 7.63. The van der Waals surface area contributed by atoms with Crippen molar-refractivity contribution in [1.82, 2.24) is 5.32 Å². The lowest BCUT2D eigenvalue weighted by atomic mass is 9.85. The predicted molar refractivity (Wildman–Crippen MR) is 67.7 cm³/mol. The van der Waals surface area contributed by atoms with Crippen molar-refractivity contribution in [3.05, 3.63) is 23.3 Å². The van der Waals surface area contributed by atoms with E-state index in [1.165, 1.54) is 6.92 Å². The van der Waals surface area contributed by atoms with E-state index in [0.29, 0.717) is 23.4 Å². The van der Waals surface area contributed by atoms with E-state index in [1.807, 2.05) is 0 Å². The van der Waals surface area contributed by atoms with Gasteiger partial charge in [0.1, 0.15) is 5.75 Å². The van der Waals surface area contributed by atoms with Crippen LogP contribution in [-0.2, 0) is 11.2 Å². The number of nitrogen functional groups attached to an aromatic ring is 1. The number of anilines is 1. The minimum Gasteiger partial charge on any atom is -0.496 e. The van der Waals surface area contributed by atoms with Crippen LogP contribution in [0.4, 0.5) is 5.69 Å². The summed E-state index contributed by atoms with van der Waals surface area (Å²) in [5.74, 6) is 0.452. The zero-order valence-corrected chi connectivity index (χ0v) is 10.4. The Kier molecular flexibility index (Phi) is 3.23. The number of hydrogen-bond acceptors (Lipinski definition) is 4. The lowest BCUT2D eigenvalue weighted by Crippen LogP contribution is -2.40. The van der Waals surface area contributed by atoms with Gasteiger partial charge < -0.3 is 15.8 Å². The summed E-state index contributed by atoms with van der Waals surface area (Å²) >= 11 is 0. The Morgan fingerprint density at radius 1 is 1.44 bits per heavy atom. The van der Waals surface area contributed by atoms with Gasteiger partial charge in [0, 0.05) is 36.2 Å². The molecule has 5 nitrogen and oxygen atoms in total. The van der Waals surface area contributed by atoms with E-state index in [4.69, 9.17) is 10.5 Å². The van der Waals surface area contributed by atoms with Gasteiger partial charge in [0.05, 0.1) is 7.11 Å². The van der Waals surface area contributed by atoms with Crippen molar-refractivity contribution >= 4 is 17.4 Å². The van der Waals surface area contributed by atoms with Crippen molar-refractivity contribution in [3.8, 4) is 5.75 Å². The quantitative estimate of drug-likeness (QED) is 0.762. The molecule has 0 bridgehead atoms. The smallest absolute Gasteiger partial charge is 0.217 e. The van der Waals surface area contributed by atoms with Gasteiger partial charge in [-0.15, -0.1) is 0 Å². The second kappa shape index (κ2) is 4.68. The van der Waals surface area contributed by atoms with Gasteiger partial charge in [-0.05, 0) is 18.6 Å². The number of ketones is 1. The van der Waals surface area contributed by atoms with Crippen LogP contribution < -0.4 is 15.8 Å². The molecule has 1 aromatic carbocycles. The molecule has 0 radical (unpaired) electrons. The van der Waals surface area contributed by atoms with Crippen LogP contribution in [-0.4, -0.2) is 24.8 Å². The van der Waals surface area contributed by atoms with Crippen LogP contribution in [0.25, 0.3) is 0 Å². The highest BCUT2D eigenvalue weighted by molar-refractivity contribution is 6.04. The topological polar surface area (TPSA) is 81.4 Å². The van der Waals surface area contributed by atoms with Crippen molar-refractivity contribution in [2.24, 2.45) is 0 Å². The first-order chi connectivity index (χ1) is 8.52. The molecule has 3 N–H and O–H groups in total. The fourth-order valence-corrected chi connectivity index (χ4v) is 2.40. The first-order valence-electron chi connectivity index (χ1n) is 5.78. The number of amides is 1. The van der Waals surface area contributed by atoms with Crippen molar-refractivity contribution in [1.29, 1.82) is 0 Å². The van der Waals surface area contributed by atoms with Gasteiger partial charge in [-0.3, -0.25) is 9.59 Å². The Balaban J connectivity index is 2.42. The molecule has 1 amide bonds. The van der Waals surface area contributed by atoms with E-state index in [9.17, 15) is 9.59 Å². The second-order valence-electron chi connectivity index (χ2n) is 4.44. The van der Waals surface area contributed by atoms with E-state index in [2.05, 4.69) is 5.32 Å². The Hall–Kier alpha value is -2.04. The number of ether oxygens (including phenoxy) is 1. The molecule has 1 aliphatic carbocycles. The molecule has 1 aromatic rings. The summed E-state index contributed by atoms with van der Waals surface area (Å²) < 4.78 is 5.25. The van der Waals surface area contributed by atoms with Crippen molar-refractivity contribution in [3.63, 3.8) is 0 Å². The predicted octanol–water partition coefficient (Wildman–Crippen LogP) is 0.911. The van der Waals surface area contributed by atoms with Gasteiger partial charge >= 0.3 is 0 Å². The van der Waals surface area contributed by atoms with Gasteiger partial charge in [-0.2, -0.15) is 0 Å². The number of hydrogen-bond donors (Lipinski definition) is 2. The summed E-state index contributed by atoms with van der Waals surface area (Å²) in [6.45, 7) is 1.44. The molecule has 0 saturated carbocycles. The molecule has 5 heteroatoms. The molecule has 1 atom stereocenters. The summed E-state index contributed by atoms with van der Waals surface area (Å²) in [4.78, 5) is 23.2. The molecule has 0 heterocycles. The first kappa shape index (κ1) is 12.4. The maximum atomic E-state index is 12.1. The fraction of sp³-hybridized carbons (Fsp3) is 0.385. The molecule has 1 unspecified atom stereocenters. The number of carbonyl (C=O) groups is 2. The lowest BCUT2D eigenvalue weighted by Gasteiger charge is -2.26. The first-order valence-corrected chi connectivity index (χ1v) is 5.78. The van der Waals surface area contributed by atoms with Gasteiger partial charge in [0.15, 0.2) is 5.78 Å². The average molecular weight is 248 g/mol. The molecule has 1 aliphatic rings. The molecule has 18 heavy (non-hydrogen) atoms. The van der Waals surface area contributed by atoms with E-state index < -0.39 is 0 Å². The number of nitrogens with two attached hydrogens (primary N) is 1. The van der Waals surface area contributed by atoms with E-state index in [0.717, 1.165) is 5.56 Å². The van der Waals surface area contributed by atoms with Crippen LogP contribution in [0, 0.1) is 0 Å². The highest BCUT2D eigenvalue weighted by atomic mass is 16.5. The number of fused-ring (bicyclic) bond motifs is 1. The number of benzene rings is 1. The Morgan fingerprint density at radius 3 is 2.78 bits per heavy atom. The summed E-state index contributed by atoms with van der Waals surface area (Å²) in [6.07, 6.45) is 0.846. The maximum Gasteiger partial charge on any atom is 0.217 e. The minimum atomic E-state index is -0.182. The normalized spacial score (nSPS) is 18.1. The standard InChI is InChI=1S/C13H16N2O3/c1-7(16)15-8-5-9-12(18-2)4-3-10(14)13(9)11(17)6-8/h3-4,8H,5-6,14H2,1-2H3,(H,15,16). The maximum absolute atomic E-state index is 12.1. The summed E-state index contributed by atoms with van der Waals surface area (Å²) in [5, 5.41) is 2.77. The largest absolute Gasteiger partial charge is 0.496 e. The molecule has 96 valence electrons. The van der Waals surface area contributed by atoms with Crippen molar-refractivity contribution < 1.29 is 14.3 Å². The van der Waals surface area contributed by atoms with Crippen molar-refractivity contribution in [2.45, 2.75) is 25.8 Å². The zero-order chi connectivity index (χ0) is 13.3. The molecule has 0 aliphatic heterocycles. The number of nitrogens with one attached hydrogen (secondary N) is 1. The highest BCUT2D eigenvalue weighted by Gasteiger charge is 2.29. The molecule has 0 aromatic heterocycles. The highest BCUT2D eigenvalue weighted by Crippen LogP contribution is 2.33. The number of carbonyl (C=O) groups excluding carboxylic acids is 2. The molecular weight excluding hydrogens is 232 g/mol. The molecule has 0 saturated heterocycles. The fourth-order valence-electron chi connectivity index (χ4n) is 2.40. The Morgan fingerprint density at radius 2 is 2.17 bits per heavy atom. The summed E-state index contributed by atoms with van der Waals surface area (Å²) in [7, 11) is 1.55. The number of Topliss-reactive ketones (excluding diaryl/α,β-unsaturated/α-hetero) is 1.